The third-order valence-electron chi connectivity index (χ3n) is 2.58. The van der Waals surface area contributed by atoms with Crippen molar-refractivity contribution in [2.45, 2.75) is 17.4 Å². The Bertz CT molecular complexity index is 534. The van der Waals surface area contributed by atoms with Gasteiger partial charge in [-0.25, -0.2) is 17.9 Å². The highest BCUT2D eigenvalue weighted by Crippen LogP contribution is 2.12. The Morgan fingerprint density at radius 2 is 1.95 bits per heavy atom. The van der Waals surface area contributed by atoms with E-state index in [-0.39, 0.29) is 30.1 Å². The molecule has 0 amide bonds. The zero-order valence-electron chi connectivity index (χ0n) is 10.9. The first-order valence-electron chi connectivity index (χ1n) is 5.86. The van der Waals surface area contributed by atoms with Crippen LogP contribution in [0.15, 0.2) is 29.2 Å². The van der Waals surface area contributed by atoms with Crippen molar-refractivity contribution in [3.63, 3.8) is 0 Å². The molecule has 0 aromatic heterocycles. The average molecular weight is 303 g/mol. The molecule has 0 fully saturated rings. The van der Waals surface area contributed by atoms with Crippen molar-refractivity contribution in [3.8, 4) is 0 Å². The van der Waals surface area contributed by atoms with Gasteiger partial charge in [-0.2, -0.15) is 0 Å². The summed E-state index contributed by atoms with van der Waals surface area (Å²) >= 11 is 0. The Morgan fingerprint density at radius 1 is 1.35 bits per heavy atom. The molecule has 0 aliphatic heterocycles. The Morgan fingerprint density at radius 3 is 2.40 bits per heavy atom. The van der Waals surface area contributed by atoms with Gasteiger partial charge in [0.05, 0.1) is 17.1 Å². The summed E-state index contributed by atoms with van der Waals surface area (Å²) in [5, 5.41) is 17.6. The minimum absolute atomic E-state index is 0.00718. The Balaban J connectivity index is 2.89. The van der Waals surface area contributed by atoms with E-state index in [1.54, 1.807) is 0 Å². The first kappa shape index (κ1) is 16.6. The van der Waals surface area contributed by atoms with Crippen LogP contribution in [0.3, 0.4) is 0 Å². The molecule has 1 atom stereocenters. The second-order valence-corrected chi connectivity index (χ2v) is 5.83. The Labute approximate surface area is 117 Å². The summed E-state index contributed by atoms with van der Waals surface area (Å²) in [4.78, 5) is 10.7. The number of aliphatic hydroxyl groups is 1. The van der Waals surface area contributed by atoms with Gasteiger partial charge < -0.3 is 14.9 Å². The molecule has 1 aromatic rings. The van der Waals surface area contributed by atoms with Crippen LogP contribution >= 0.6 is 0 Å². The van der Waals surface area contributed by atoms with Crippen LogP contribution in [0.2, 0.25) is 0 Å². The molecule has 0 radical (unpaired) electrons. The summed E-state index contributed by atoms with van der Waals surface area (Å²) in [5.74, 6) is -1.13. The lowest BCUT2D eigenvalue weighted by atomic mass is 10.2. The highest BCUT2D eigenvalue weighted by molar-refractivity contribution is 7.89. The standard InChI is InChI=1S/C12H17NO6S/c1-19-8-10(6-7-14)13-20(17,18)11-4-2-9(3-5-11)12(15)16/h2-5,10,13-14H,6-8H2,1H3,(H,15,16). The average Bonchev–Trinajstić information content (AvgIpc) is 2.39. The van der Waals surface area contributed by atoms with Crippen LogP contribution in [0.25, 0.3) is 0 Å². The highest BCUT2D eigenvalue weighted by atomic mass is 32.2. The number of carboxylic acids is 1. The van der Waals surface area contributed by atoms with Crippen LogP contribution < -0.4 is 4.72 Å². The fourth-order valence-electron chi connectivity index (χ4n) is 1.60. The van der Waals surface area contributed by atoms with Gasteiger partial charge in [0.15, 0.2) is 0 Å². The first-order chi connectivity index (χ1) is 9.40. The van der Waals surface area contributed by atoms with Crippen molar-refractivity contribution >= 4 is 16.0 Å². The predicted molar refractivity (Wildman–Crippen MR) is 71.1 cm³/mol. The normalized spacial score (nSPS) is 13.1. The molecule has 8 heteroatoms. The molecule has 1 rings (SSSR count). The number of nitrogens with one attached hydrogen (secondary N) is 1. The van der Waals surface area contributed by atoms with E-state index in [0.29, 0.717) is 0 Å². The van der Waals surface area contributed by atoms with E-state index in [4.69, 9.17) is 14.9 Å². The SMILES string of the molecule is COCC(CCO)NS(=O)(=O)c1ccc(C(=O)O)cc1. The van der Waals surface area contributed by atoms with Crippen molar-refractivity contribution in [1.29, 1.82) is 0 Å². The topological polar surface area (TPSA) is 113 Å². The number of carbonyl (C=O) groups is 1. The molecular weight excluding hydrogens is 286 g/mol. The van der Waals surface area contributed by atoms with E-state index < -0.39 is 22.0 Å². The third kappa shape index (κ3) is 4.57. The van der Waals surface area contributed by atoms with Crippen LogP contribution in [0, 0.1) is 0 Å². The Kier molecular flexibility index (Phi) is 6.08. The minimum Gasteiger partial charge on any atom is -0.478 e. The smallest absolute Gasteiger partial charge is 0.335 e. The Hall–Kier alpha value is -1.48. The second kappa shape index (κ2) is 7.34. The summed E-state index contributed by atoms with van der Waals surface area (Å²) in [6.45, 7) is -0.0402. The van der Waals surface area contributed by atoms with Crippen LogP contribution in [0.5, 0.6) is 0 Å². The predicted octanol–water partition coefficient (Wildman–Crippen LogP) is 0.0605. The van der Waals surface area contributed by atoms with Crippen molar-refractivity contribution in [2.24, 2.45) is 0 Å². The van der Waals surface area contributed by atoms with Crippen molar-refractivity contribution in [2.75, 3.05) is 20.3 Å². The monoisotopic (exact) mass is 303 g/mol. The maximum absolute atomic E-state index is 12.1. The number of carboxylic acid groups (broad SMARTS) is 1. The lowest BCUT2D eigenvalue weighted by Gasteiger charge is -2.17. The van der Waals surface area contributed by atoms with Gasteiger partial charge >= 0.3 is 5.97 Å². The largest absolute Gasteiger partial charge is 0.478 e. The van der Waals surface area contributed by atoms with Crippen LogP contribution in [-0.2, 0) is 14.8 Å². The number of benzene rings is 1. The summed E-state index contributed by atoms with van der Waals surface area (Å²) in [5.41, 5.74) is 0.00718. The van der Waals surface area contributed by atoms with Crippen molar-refractivity contribution < 1.29 is 28.2 Å². The summed E-state index contributed by atoms with van der Waals surface area (Å²) in [6, 6.07) is 4.32. The summed E-state index contributed by atoms with van der Waals surface area (Å²) in [7, 11) is -2.35. The van der Waals surface area contributed by atoms with E-state index in [0.717, 1.165) is 0 Å². The van der Waals surface area contributed by atoms with E-state index in [2.05, 4.69) is 4.72 Å². The molecule has 1 aromatic carbocycles. The van der Waals surface area contributed by atoms with Crippen LogP contribution in [0.1, 0.15) is 16.8 Å². The lowest BCUT2D eigenvalue weighted by molar-refractivity contribution is 0.0696. The molecular formula is C12H17NO6S. The molecule has 1 unspecified atom stereocenters. The fourth-order valence-corrected chi connectivity index (χ4v) is 2.85. The van der Waals surface area contributed by atoms with Crippen LogP contribution in [0.4, 0.5) is 0 Å². The highest BCUT2D eigenvalue weighted by Gasteiger charge is 2.20. The number of aliphatic hydroxyl groups excluding tert-OH is 1. The number of rotatable bonds is 8. The number of hydrogen-bond donors (Lipinski definition) is 3. The molecule has 0 aliphatic rings. The zero-order chi connectivity index (χ0) is 15.2. The quantitative estimate of drug-likeness (QED) is 0.626. The number of sulfonamides is 1. The minimum atomic E-state index is -3.78. The molecule has 0 spiro atoms. The molecule has 0 bridgehead atoms. The van der Waals surface area contributed by atoms with E-state index in [1.807, 2.05) is 0 Å². The van der Waals surface area contributed by atoms with Gasteiger partial charge in [-0.3, -0.25) is 0 Å². The van der Waals surface area contributed by atoms with Gasteiger partial charge in [0.25, 0.3) is 0 Å². The number of methoxy groups -OCH3 is 1. The zero-order valence-corrected chi connectivity index (χ0v) is 11.8. The van der Waals surface area contributed by atoms with Gasteiger partial charge in [-0.1, -0.05) is 0 Å². The lowest BCUT2D eigenvalue weighted by Crippen LogP contribution is -2.38. The molecule has 0 saturated carbocycles. The van der Waals surface area contributed by atoms with Crippen molar-refractivity contribution in [1.82, 2.24) is 4.72 Å². The second-order valence-electron chi connectivity index (χ2n) is 4.12. The summed E-state index contributed by atoms with van der Waals surface area (Å²) < 4.78 is 31.4. The number of ether oxygens (including phenoxy) is 1. The maximum Gasteiger partial charge on any atom is 0.335 e. The van der Waals surface area contributed by atoms with Gasteiger partial charge in [-0.15, -0.1) is 0 Å². The number of aromatic carboxylic acids is 1. The van der Waals surface area contributed by atoms with Gasteiger partial charge in [0.1, 0.15) is 0 Å². The van der Waals surface area contributed by atoms with E-state index in [9.17, 15) is 13.2 Å². The van der Waals surface area contributed by atoms with E-state index in [1.165, 1.54) is 31.4 Å². The van der Waals surface area contributed by atoms with Crippen molar-refractivity contribution in [3.05, 3.63) is 29.8 Å². The maximum atomic E-state index is 12.1. The first-order valence-corrected chi connectivity index (χ1v) is 7.34. The summed E-state index contributed by atoms with van der Waals surface area (Å²) in [6.07, 6.45) is 0.222. The molecule has 7 nitrogen and oxygen atoms in total. The van der Waals surface area contributed by atoms with Gasteiger partial charge in [0.2, 0.25) is 10.0 Å². The van der Waals surface area contributed by atoms with E-state index >= 15 is 0 Å². The molecule has 0 saturated heterocycles. The molecule has 0 heterocycles. The third-order valence-corrected chi connectivity index (χ3v) is 4.12. The van der Waals surface area contributed by atoms with Gasteiger partial charge in [0, 0.05) is 19.8 Å². The fraction of sp³-hybridized carbons (Fsp3) is 0.417. The molecule has 3 N–H and O–H groups in total. The van der Waals surface area contributed by atoms with Gasteiger partial charge in [-0.05, 0) is 30.7 Å². The number of hydrogen-bond acceptors (Lipinski definition) is 5. The van der Waals surface area contributed by atoms with Crippen LogP contribution in [-0.4, -0.2) is 51.0 Å². The molecule has 112 valence electrons. The molecule has 0 aliphatic carbocycles. The molecule has 20 heavy (non-hydrogen) atoms.